The minimum atomic E-state index is -3.46. The predicted molar refractivity (Wildman–Crippen MR) is 80.4 cm³/mol. The summed E-state index contributed by atoms with van der Waals surface area (Å²) in [4.78, 5) is 0.282. The summed E-state index contributed by atoms with van der Waals surface area (Å²) < 4.78 is 32.0. The molecule has 2 unspecified atom stereocenters. The number of hydrogen-bond acceptors (Lipinski definition) is 4. The molecule has 6 heteroatoms. The maximum absolute atomic E-state index is 12.6. The Hall–Kier alpha value is -0.950. The Morgan fingerprint density at radius 2 is 2.05 bits per heavy atom. The molecule has 0 saturated carbocycles. The van der Waals surface area contributed by atoms with Crippen molar-refractivity contribution in [1.82, 2.24) is 4.31 Å². The fourth-order valence-corrected chi connectivity index (χ4v) is 4.24. The summed E-state index contributed by atoms with van der Waals surface area (Å²) in [6, 6.07) is 6.46. The summed E-state index contributed by atoms with van der Waals surface area (Å²) in [6.07, 6.45) is 1.27. The summed E-state index contributed by atoms with van der Waals surface area (Å²) in [5.74, 6) is 0.260. The number of methoxy groups -OCH3 is 1. The topological polar surface area (TPSA) is 66.8 Å². The van der Waals surface area contributed by atoms with Gasteiger partial charge in [0.25, 0.3) is 0 Å². The van der Waals surface area contributed by atoms with E-state index in [1.165, 1.54) is 4.31 Å². The van der Waals surface area contributed by atoms with E-state index >= 15 is 0 Å². The third kappa shape index (κ3) is 3.83. The van der Waals surface area contributed by atoms with Gasteiger partial charge in [0.1, 0.15) is 0 Å². The van der Waals surface area contributed by atoms with E-state index < -0.39 is 16.1 Å². The first-order valence-electron chi connectivity index (χ1n) is 7.22. The molecular formula is C15H23NO4S. The Morgan fingerprint density at radius 3 is 2.62 bits per heavy atom. The molecule has 0 bridgehead atoms. The van der Waals surface area contributed by atoms with Crippen LogP contribution in [-0.4, -0.2) is 44.6 Å². The third-order valence-corrected chi connectivity index (χ3v) is 5.76. The standard InChI is InChI=1S/C15H23NO4S/c1-12(17)14-5-7-15(8-6-14)21(18,19)16-9-3-4-13(10-16)11-20-2/h5-8,12-13,17H,3-4,9-11H2,1-2H3. The molecule has 2 atom stereocenters. The molecule has 0 amide bonds. The van der Waals surface area contributed by atoms with E-state index in [1.807, 2.05) is 0 Å². The Morgan fingerprint density at radius 1 is 1.38 bits per heavy atom. The molecule has 1 heterocycles. The Kier molecular flexibility index (Phi) is 5.37. The molecule has 1 N–H and O–H groups in total. The molecule has 118 valence electrons. The van der Waals surface area contributed by atoms with Crippen LogP contribution >= 0.6 is 0 Å². The number of ether oxygens (including phenoxy) is 1. The number of hydrogen-bond donors (Lipinski definition) is 1. The van der Waals surface area contributed by atoms with E-state index in [0.717, 1.165) is 12.8 Å². The molecule has 1 saturated heterocycles. The van der Waals surface area contributed by atoms with Gasteiger partial charge in [-0.15, -0.1) is 0 Å². The van der Waals surface area contributed by atoms with E-state index in [-0.39, 0.29) is 10.8 Å². The maximum Gasteiger partial charge on any atom is 0.243 e. The van der Waals surface area contributed by atoms with Crippen molar-refractivity contribution in [3.05, 3.63) is 29.8 Å². The van der Waals surface area contributed by atoms with E-state index in [9.17, 15) is 13.5 Å². The Labute approximate surface area is 126 Å². The van der Waals surface area contributed by atoms with Gasteiger partial charge >= 0.3 is 0 Å². The molecule has 21 heavy (non-hydrogen) atoms. The number of rotatable bonds is 5. The highest BCUT2D eigenvalue weighted by molar-refractivity contribution is 7.89. The second-order valence-electron chi connectivity index (χ2n) is 5.57. The second-order valence-corrected chi connectivity index (χ2v) is 7.51. The minimum Gasteiger partial charge on any atom is -0.389 e. The van der Waals surface area contributed by atoms with Crippen LogP contribution in [0.25, 0.3) is 0 Å². The summed E-state index contributed by atoms with van der Waals surface area (Å²) in [7, 11) is -1.82. The van der Waals surface area contributed by atoms with Gasteiger partial charge in [-0.1, -0.05) is 12.1 Å². The smallest absolute Gasteiger partial charge is 0.243 e. The molecule has 1 aliphatic rings. The van der Waals surface area contributed by atoms with Gasteiger partial charge in [0.15, 0.2) is 0 Å². The van der Waals surface area contributed by atoms with Crippen LogP contribution in [0.4, 0.5) is 0 Å². The average Bonchev–Trinajstić information content (AvgIpc) is 2.48. The highest BCUT2D eigenvalue weighted by atomic mass is 32.2. The van der Waals surface area contributed by atoms with Crippen molar-refractivity contribution in [1.29, 1.82) is 0 Å². The lowest BCUT2D eigenvalue weighted by atomic mass is 10.0. The van der Waals surface area contributed by atoms with Crippen molar-refractivity contribution in [3.63, 3.8) is 0 Å². The van der Waals surface area contributed by atoms with Gasteiger partial charge in [-0.05, 0) is 43.4 Å². The number of aliphatic hydroxyl groups excluding tert-OH is 1. The summed E-state index contributed by atoms with van der Waals surface area (Å²) in [5.41, 5.74) is 0.713. The highest BCUT2D eigenvalue weighted by Crippen LogP contribution is 2.25. The largest absolute Gasteiger partial charge is 0.389 e. The van der Waals surface area contributed by atoms with Crippen molar-refractivity contribution in [2.75, 3.05) is 26.8 Å². The van der Waals surface area contributed by atoms with Gasteiger partial charge in [-0.2, -0.15) is 4.31 Å². The van der Waals surface area contributed by atoms with E-state index in [4.69, 9.17) is 4.74 Å². The third-order valence-electron chi connectivity index (χ3n) is 3.88. The summed E-state index contributed by atoms with van der Waals surface area (Å²) in [5, 5.41) is 9.49. The average molecular weight is 313 g/mol. The number of aliphatic hydroxyl groups is 1. The Balaban J connectivity index is 2.17. The molecule has 1 fully saturated rings. The number of piperidine rings is 1. The zero-order chi connectivity index (χ0) is 15.5. The fraction of sp³-hybridized carbons (Fsp3) is 0.600. The lowest BCUT2D eigenvalue weighted by Crippen LogP contribution is -2.41. The van der Waals surface area contributed by atoms with E-state index in [2.05, 4.69) is 0 Å². The normalized spacial score (nSPS) is 22.1. The van der Waals surface area contributed by atoms with Gasteiger partial charge < -0.3 is 9.84 Å². The lowest BCUT2D eigenvalue weighted by Gasteiger charge is -2.31. The van der Waals surface area contributed by atoms with Crippen molar-refractivity contribution in [2.45, 2.75) is 30.8 Å². The lowest BCUT2D eigenvalue weighted by molar-refractivity contribution is 0.118. The zero-order valence-corrected chi connectivity index (χ0v) is 13.3. The first kappa shape index (κ1) is 16.4. The predicted octanol–water partition coefficient (Wildman–Crippen LogP) is 1.79. The maximum atomic E-state index is 12.6. The van der Waals surface area contributed by atoms with E-state index in [1.54, 1.807) is 38.3 Å². The number of benzene rings is 1. The molecule has 1 aromatic rings. The van der Waals surface area contributed by atoms with Crippen LogP contribution < -0.4 is 0 Å². The number of nitrogens with zero attached hydrogens (tertiary/aromatic N) is 1. The van der Waals surface area contributed by atoms with Crippen molar-refractivity contribution >= 4 is 10.0 Å². The van der Waals surface area contributed by atoms with Gasteiger partial charge in [-0.3, -0.25) is 0 Å². The molecule has 0 radical (unpaired) electrons. The van der Waals surface area contributed by atoms with Crippen LogP contribution in [0.2, 0.25) is 0 Å². The van der Waals surface area contributed by atoms with Gasteiger partial charge in [-0.25, -0.2) is 8.42 Å². The second kappa shape index (κ2) is 6.87. The van der Waals surface area contributed by atoms with Crippen LogP contribution in [0, 0.1) is 5.92 Å². The monoisotopic (exact) mass is 313 g/mol. The highest BCUT2D eigenvalue weighted by Gasteiger charge is 2.30. The molecule has 2 rings (SSSR count). The number of sulfonamides is 1. The van der Waals surface area contributed by atoms with Crippen LogP contribution in [0.3, 0.4) is 0 Å². The van der Waals surface area contributed by atoms with E-state index in [0.29, 0.717) is 25.3 Å². The quantitative estimate of drug-likeness (QED) is 0.900. The van der Waals surface area contributed by atoms with Crippen LogP contribution in [0.5, 0.6) is 0 Å². The minimum absolute atomic E-state index is 0.260. The Bertz CT molecular complexity index is 552. The molecular weight excluding hydrogens is 290 g/mol. The first-order chi connectivity index (χ1) is 9.95. The molecule has 0 spiro atoms. The summed E-state index contributed by atoms with van der Waals surface area (Å²) >= 11 is 0. The molecule has 0 aliphatic carbocycles. The van der Waals surface area contributed by atoms with Crippen molar-refractivity contribution in [3.8, 4) is 0 Å². The van der Waals surface area contributed by atoms with Crippen LogP contribution in [-0.2, 0) is 14.8 Å². The van der Waals surface area contributed by atoms with Crippen LogP contribution in [0.15, 0.2) is 29.2 Å². The SMILES string of the molecule is COCC1CCCN(S(=O)(=O)c2ccc(C(C)O)cc2)C1. The first-order valence-corrected chi connectivity index (χ1v) is 8.66. The molecule has 0 aromatic heterocycles. The molecule has 5 nitrogen and oxygen atoms in total. The van der Waals surface area contributed by atoms with Gasteiger partial charge in [0, 0.05) is 20.2 Å². The molecule has 1 aliphatic heterocycles. The van der Waals surface area contributed by atoms with Gasteiger partial charge in [0.2, 0.25) is 10.0 Å². The fourth-order valence-electron chi connectivity index (χ4n) is 2.68. The van der Waals surface area contributed by atoms with Crippen molar-refractivity contribution in [2.24, 2.45) is 5.92 Å². The van der Waals surface area contributed by atoms with Crippen LogP contribution in [0.1, 0.15) is 31.4 Å². The zero-order valence-electron chi connectivity index (χ0n) is 12.5. The molecule has 1 aromatic carbocycles. The summed E-state index contributed by atoms with van der Waals surface area (Å²) in [6.45, 7) is 3.31. The van der Waals surface area contributed by atoms with Crippen molar-refractivity contribution < 1.29 is 18.3 Å². The van der Waals surface area contributed by atoms with Gasteiger partial charge in [0.05, 0.1) is 17.6 Å².